The predicted molar refractivity (Wildman–Crippen MR) is 69.2 cm³/mol. The third-order valence-electron chi connectivity index (χ3n) is 2.29. The molecule has 0 heterocycles. The van der Waals surface area contributed by atoms with E-state index in [1.807, 2.05) is 0 Å². The molecule has 0 unspecified atom stereocenters. The second kappa shape index (κ2) is 5.82. The predicted octanol–water partition coefficient (Wildman–Crippen LogP) is 2.53. The summed E-state index contributed by atoms with van der Waals surface area (Å²) >= 11 is 0. The van der Waals surface area contributed by atoms with Crippen LogP contribution in [0.5, 0.6) is 0 Å². The molecular weight excluding hydrogens is 249 g/mol. The van der Waals surface area contributed by atoms with E-state index in [0.29, 0.717) is 11.1 Å². The SMILES string of the molecule is CN(F)C(=O)Cc1ccc(C(=O)OC(C)(C)C)cc1. The quantitative estimate of drug-likeness (QED) is 0.624. The maximum atomic E-state index is 12.6. The first-order valence-corrected chi connectivity index (χ1v) is 5.93. The van der Waals surface area contributed by atoms with Crippen molar-refractivity contribution < 1.29 is 18.8 Å². The van der Waals surface area contributed by atoms with Gasteiger partial charge in [-0.3, -0.25) is 4.79 Å². The third-order valence-corrected chi connectivity index (χ3v) is 2.29. The Kier molecular flexibility index (Phi) is 4.64. The minimum absolute atomic E-state index is 0.0401. The molecule has 0 aliphatic heterocycles. The third kappa shape index (κ3) is 5.07. The van der Waals surface area contributed by atoms with Crippen LogP contribution in [0, 0.1) is 0 Å². The van der Waals surface area contributed by atoms with Crippen LogP contribution in [0.4, 0.5) is 4.48 Å². The molecule has 0 atom stereocenters. The Morgan fingerprint density at radius 3 is 2.16 bits per heavy atom. The Balaban J connectivity index is 2.71. The summed E-state index contributed by atoms with van der Waals surface area (Å²) in [5, 5.41) is 0.0434. The molecule has 1 aromatic carbocycles. The van der Waals surface area contributed by atoms with E-state index in [1.165, 1.54) is 0 Å². The minimum Gasteiger partial charge on any atom is -0.456 e. The Morgan fingerprint density at radius 1 is 1.21 bits per heavy atom. The van der Waals surface area contributed by atoms with E-state index in [0.717, 1.165) is 7.05 Å². The van der Waals surface area contributed by atoms with Crippen LogP contribution in [0.1, 0.15) is 36.7 Å². The maximum Gasteiger partial charge on any atom is 0.338 e. The topological polar surface area (TPSA) is 46.6 Å². The van der Waals surface area contributed by atoms with Crippen molar-refractivity contribution in [2.75, 3.05) is 7.05 Å². The van der Waals surface area contributed by atoms with E-state index in [9.17, 15) is 14.1 Å². The number of halogens is 1. The molecule has 0 saturated heterocycles. The summed E-state index contributed by atoms with van der Waals surface area (Å²) in [5.41, 5.74) is 0.490. The Hall–Kier alpha value is -1.91. The number of nitrogens with zero attached hydrogens (tertiary/aromatic N) is 1. The zero-order valence-electron chi connectivity index (χ0n) is 11.6. The summed E-state index contributed by atoms with van der Waals surface area (Å²) in [6.45, 7) is 5.36. The van der Waals surface area contributed by atoms with Crippen molar-refractivity contribution in [2.24, 2.45) is 0 Å². The van der Waals surface area contributed by atoms with Crippen LogP contribution in [-0.2, 0) is 16.0 Å². The molecule has 0 aliphatic carbocycles. The second-order valence-corrected chi connectivity index (χ2v) is 5.25. The minimum atomic E-state index is -0.634. The lowest BCUT2D eigenvalue weighted by atomic mass is 10.1. The van der Waals surface area contributed by atoms with Gasteiger partial charge in [-0.1, -0.05) is 16.6 Å². The van der Waals surface area contributed by atoms with Crippen molar-refractivity contribution in [3.63, 3.8) is 0 Å². The Labute approximate surface area is 112 Å². The van der Waals surface area contributed by atoms with Gasteiger partial charge in [-0.25, -0.2) is 4.79 Å². The number of carbonyl (C=O) groups is 2. The summed E-state index contributed by atoms with van der Waals surface area (Å²) < 4.78 is 17.8. The van der Waals surface area contributed by atoms with Crippen molar-refractivity contribution in [3.8, 4) is 0 Å². The second-order valence-electron chi connectivity index (χ2n) is 5.25. The van der Waals surface area contributed by atoms with E-state index in [1.54, 1.807) is 45.0 Å². The van der Waals surface area contributed by atoms with Crippen LogP contribution in [0.15, 0.2) is 24.3 Å². The molecule has 0 spiro atoms. The molecule has 0 aromatic heterocycles. The van der Waals surface area contributed by atoms with Gasteiger partial charge in [0, 0.05) is 7.05 Å². The van der Waals surface area contributed by atoms with Crippen molar-refractivity contribution >= 4 is 11.9 Å². The zero-order chi connectivity index (χ0) is 14.6. The molecule has 5 heteroatoms. The number of amides is 1. The Bertz CT molecular complexity index is 461. The van der Waals surface area contributed by atoms with Crippen LogP contribution in [0.3, 0.4) is 0 Å². The molecule has 4 nitrogen and oxygen atoms in total. The normalized spacial score (nSPS) is 11.0. The van der Waals surface area contributed by atoms with Gasteiger partial charge in [-0.15, -0.1) is 0 Å². The monoisotopic (exact) mass is 267 g/mol. The molecule has 19 heavy (non-hydrogen) atoms. The zero-order valence-corrected chi connectivity index (χ0v) is 11.6. The van der Waals surface area contributed by atoms with Gasteiger partial charge >= 0.3 is 5.97 Å². The van der Waals surface area contributed by atoms with Gasteiger partial charge in [0.1, 0.15) is 5.60 Å². The van der Waals surface area contributed by atoms with E-state index < -0.39 is 17.5 Å². The molecule has 0 aliphatic rings. The molecule has 104 valence electrons. The molecule has 1 amide bonds. The van der Waals surface area contributed by atoms with Crippen molar-refractivity contribution in [1.82, 2.24) is 5.12 Å². The standard InChI is InChI=1S/C14H18FNO3/c1-14(2,3)19-13(18)11-7-5-10(6-8-11)9-12(17)16(4)15/h5-8H,9H2,1-4H3. The number of hydrogen-bond donors (Lipinski definition) is 0. The smallest absolute Gasteiger partial charge is 0.338 e. The fraction of sp³-hybridized carbons (Fsp3) is 0.429. The fourth-order valence-electron chi connectivity index (χ4n) is 1.38. The molecular formula is C14H18FNO3. The molecule has 1 aromatic rings. The van der Waals surface area contributed by atoms with Crippen molar-refractivity contribution in [2.45, 2.75) is 32.8 Å². The molecule has 1 rings (SSSR count). The maximum absolute atomic E-state index is 12.6. The fourth-order valence-corrected chi connectivity index (χ4v) is 1.38. The summed E-state index contributed by atoms with van der Waals surface area (Å²) in [6.07, 6.45) is -0.0401. The average Bonchev–Trinajstić information content (AvgIpc) is 2.27. The van der Waals surface area contributed by atoms with Crippen molar-refractivity contribution in [1.29, 1.82) is 0 Å². The highest BCUT2D eigenvalue weighted by atomic mass is 19.2. The van der Waals surface area contributed by atoms with Crippen LogP contribution in [0.2, 0.25) is 0 Å². The van der Waals surface area contributed by atoms with Gasteiger partial charge < -0.3 is 4.74 Å². The van der Waals surface area contributed by atoms with Gasteiger partial charge in [-0.05, 0) is 38.5 Å². The first kappa shape index (κ1) is 15.1. The lowest BCUT2D eigenvalue weighted by Gasteiger charge is -2.19. The lowest BCUT2D eigenvalue weighted by Crippen LogP contribution is -2.24. The largest absolute Gasteiger partial charge is 0.456 e. The molecule has 0 fully saturated rings. The number of rotatable bonds is 3. The number of ether oxygens (including phenoxy) is 1. The van der Waals surface area contributed by atoms with Gasteiger partial charge in [0.05, 0.1) is 12.0 Å². The highest BCUT2D eigenvalue weighted by Gasteiger charge is 2.17. The number of hydrogen-bond acceptors (Lipinski definition) is 3. The average molecular weight is 267 g/mol. The lowest BCUT2D eigenvalue weighted by molar-refractivity contribution is -0.142. The van der Waals surface area contributed by atoms with Gasteiger partial charge in [0.2, 0.25) is 0 Å². The Morgan fingerprint density at radius 2 is 1.74 bits per heavy atom. The number of esters is 1. The van der Waals surface area contributed by atoms with Crippen LogP contribution in [-0.4, -0.2) is 29.6 Å². The molecule has 0 N–H and O–H groups in total. The molecule has 0 saturated carbocycles. The molecule has 0 bridgehead atoms. The first-order valence-electron chi connectivity index (χ1n) is 5.93. The van der Waals surface area contributed by atoms with E-state index >= 15 is 0 Å². The summed E-state index contributed by atoms with van der Waals surface area (Å²) in [6, 6.07) is 6.35. The first-order chi connectivity index (χ1) is 8.69. The van der Waals surface area contributed by atoms with Crippen LogP contribution >= 0.6 is 0 Å². The highest BCUT2D eigenvalue weighted by Crippen LogP contribution is 2.13. The summed E-state index contributed by atoms with van der Waals surface area (Å²) in [5.74, 6) is -1.06. The van der Waals surface area contributed by atoms with E-state index in [-0.39, 0.29) is 11.5 Å². The number of carbonyl (C=O) groups excluding carboxylic acids is 2. The summed E-state index contributed by atoms with van der Waals surface area (Å²) in [7, 11) is 1.05. The number of benzene rings is 1. The highest BCUT2D eigenvalue weighted by molar-refractivity contribution is 5.89. The molecule has 0 radical (unpaired) electrons. The van der Waals surface area contributed by atoms with Gasteiger partial charge in [-0.2, -0.15) is 5.12 Å². The van der Waals surface area contributed by atoms with E-state index in [2.05, 4.69) is 0 Å². The van der Waals surface area contributed by atoms with Gasteiger partial charge in [0.25, 0.3) is 5.91 Å². The van der Waals surface area contributed by atoms with Crippen LogP contribution < -0.4 is 0 Å². The van der Waals surface area contributed by atoms with Crippen molar-refractivity contribution in [3.05, 3.63) is 35.4 Å². The number of likely N-dealkylation sites (N-methyl/N-ethyl adjacent to an activating group) is 1. The summed E-state index contributed by atoms with van der Waals surface area (Å²) in [4.78, 5) is 22.9. The van der Waals surface area contributed by atoms with Crippen LogP contribution in [0.25, 0.3) is 0 Å². The van der Waals surface area contributed by atoms with E-state index in [4.69, 9.17) is 4.74 Å². The van der Waals surface area contributed by atoms with Gasteiger partial charge in [0.15, 0.2) is 0 Å².